The van der Waals surface area contributed by atoms with Crippen molar-refractivity contribution in [3.63, 3.8) is 0 Å². The minimum absolute atomic E-state index is 0.00452. The van der Waals surface area contributed by atoms with Crippen molar-refractivity contribution in [2.75, 3.05) is 20.8 Å². The number of hydrogen-bond donors (Lipinski definition) is 0. The molecule has 0 aliphatic rings. The lowest BCUT2D eigenvalue weighted by Gasteiger charge is -2.44. The molecule has 0 fully saturated rings. The smallest absolute Gasteiger partial charge is 0.337 e. The zero-order valence-electron chi connectivity index (χ0n) is 25.7. The van der Waals surface area contributed by atoms with E-state index in [1.165, 1.54) is 13.4 Å². The molecule has 0 spiro atoms. The van der Waals surface area contributed by atoms with Gasteiger partial charge in [0.05, 0.1) is 26.1 Å². The summed E-state index contributed by atoms with van der Waals surface area (Å²) in [5.41, 5.74) is 1.05. The number of ether oxygens (including phenoxy) is 3. The van der Waals surface area contributed by atoms with Crippen LogP contribution in [-0.2, 0) is 34.9 Å². The topological polar surface area (TPSA) is 88.1 Å². The van der Waals surface area contributed by atoms with Crippen molar-refractivity contribution in [1.82, 2.24) is 0 Å². The molecule has 0 saturated carbocycles. The molecule has 0 aliphatic heterocycles. The molecule has 0 amide bonds. The molecule has 0 bridgehead atoms. The molecular formula is C35H42O7Si. The van der Waals surface area contributed by atoms with Gasteiger partial charge in [-0.05, 0) is 39.0 Å². The van der Waals surface area contributed by atoms with Gasteiger partial charge < -0.3 is 28.2 Å². The van der Waals surface area contributed by atoms with Gasteiger partial charge in [0.15, 0.2) is 0 Å². The Morgan fingerprint density at radius 3 is 1.84 bits per heavy atom. The van der Waals surface area contributed by atoms with Gasteiger partial charge in [-0.15, -0.1) is 0 Å². The van der Waals surface area contributed by atoms with Crippen LogP contribution in [0.2, 0.25) is 5.04 Å². The van der Waals surface area contributed by atoms with E-state index in [1.54, 1.807) is 7.11 Å². The first-order valence-electron chi connectivity index (χ1n) is 14.4. The van der Waals surface area contributed by atoms with Crippen LogP contribution in [0.5, 0.6) is 5.75 Å². The summed E-state index contributed by atoms with van der Waals surface area (Å²) in [6, 6.07) is 27.7. The van der Waals surface area contributed by atoms with Gasteiger partial charge in [0.1, 0.15) is 24.9 Å². The highest BCUT2D eigenvalue weighted by Crippen LogP contribution is 2.38. The maximum absolute atomic E-state index is 13.0. The summed E-state index contributed by atoms with van der Waals surface area (Å²) in [5, 5.41) is 1.90. The molecule has 0 heterocycles. The lowest BCUT2D eigenvalue weighted by molar-refractivity contribution is -0.137. The van der Waals surface area contributed by atoms with Crippen LogP contribution in [0.15, 0.2) is 96.8 Å². The maximum atomic E-state index is 13.0. The highest BCUT2D eigenvalue weighted by Gasteiger charge is 2.50. The maximum Gasteiger partial charge on any atom is 0.337 e. The number of carbonyl (C=O) groups excluding carboxylic acids is 3. The average Bonchev–Trinajstić information content (AvgIpc) is 3.02. The number of methoxy groups -OCH3 is 2. The number of hydrogen-bond acceptors (Lipinski definition) is 7. The molecule has 0 saturated heterocycles. The van der Waals surface area contributed by atoms with Crippen LogP contribution in [0, 0.1) is 11.8 Å². The van der Waals surface area contributed by atoms with Crippen molar-refractivity contribution in [3.05, 3.63) is 102 Å². The number of benzene rings is 3. The molecule has 3 aromatic carbocycles. The molecular weight excluding hydrogens is 560 g/mol. The fraction of sp³-hybridized carbons (Fsp3) is 0.343. The summed E-state index contributed by atoms with van der Waals surface area (Å²) in [6.45, 7) is 6.85. The van der Waals surface area contributed by atoms with Crippen molar-refractivity contribution in [1.29, 1.82) is 0 Å². The zero-order valence-corrected chi connectivity index (χ0v) is 26.7. The quantitative estimate of drug-likeness (QED) is 0.0727. The van der Waals surface area contributed by atoms with Gasteiger partial charge in [0, 0.05) is 25.4 Å². The largest absolute Gasteiger partial charge is 0.497 e. The molecule has 2 atom stereocenters. The Bertz CT molecular complexity index is 1290. The first kappa shape index (κ1) is 33.5. The Labute approximate surface area is 256 Å². The molecule has 0 aromatic heterocycles. The predicted octanol–water partition coefficient (Wildman–Crippen LogP) is 5.26. The number of esters is 1. The standard InChI is InChI=1S/C35H42O7Si/c1-35(2,3)43(30-12-8-6-9-13-30,31-14-10-7-11-15-31)42-25-28(20-22-36)32(21-23-37)33(34(38)40-5)26-41-24-27-16-18-29(39-4)19-17-27/h6-19,22-23,26,28,32H,20-21,24-25H2,1-5H3/b33-26+/t28-,32-/m0/s1. The summed E-state index contributed by atoms with van der Waals surface area (Å²) in [4.78, 5) is 37.0. The second-order valence-corrected chi connectivity index (χ2v) is 15.7. The summed E-state index contributed by atoms with van der Waals surface area (Å²) in [7, 11) is -0.0616. The Balaban J connectivity index is 2.00. The monoisotopic (exact) mass is 602 g/mol. The van der Waals surface area contributed by atoms with E-state index in [-0.39, 0.29) is 36.7 Å². The SMILES string of the molecule is COC(=O)/C(=C/OCc1ccc(OC)cc1)[C@@H](CC=O)[C@@H](CC=O)CO[Si](c1ccccc1)(c1ccccc1)C(C)(C)C. The molecule has 0 unspecified atom stereocenters. The summed E-state index contributed by atoms with van der Waals surface area (Å²) < 4.78 is 23.2. The van der Waals surface area contributed by atoms with E-state index in [0.717, 1.165) is 34.3 Å². The van der Waals surface area contributed by atoms with Crippen molar-refractivity contribution in [2.45, 2.75) is 45.3 Å². The Hall–Kier alpha value is -4.01. The van der Waals surface area contributed by atoms with E-state index < -0.39 is 26.1 Å². The van der Waals surface area contributed by atoms with Crippen LogP contribution >= 0.6 is 0 Å². The van der Waals surface area contributed by atoms with E-state index in [2.05, 4.69) is 45.0 Å². The third-order valence-corrected chi connectivity index (χ3v) is 12.7. The second kappa shape index (κ2) is 16.0. The number of rotatable bonds is 16. The van der Waals surface area contributed by atoms with Gasteiger partial charge in [-0.3, -0.25) is 0 Å². The predicted molar refractivity (Wildman–Crippen MR) is 170 cm³/mol. The third kappa shape index (κ3) is 8.30. The van der Waals surface area contributed by atoms with Crippen LogP contribution < -0.4 is 15.1 Å². The molecule has 0 aliphatic carbocycles. The zero-order chi connectivity index (χ0) is 31.3. The fourth-order valence-electron chi connectivity index (χ4n) is 5.50. The molecule has 0 N–H and O–H groups in total. The third-order valence-electron chi connectivity index (χ3n) is 7.69. The molecule has 3 aromatic rings. The average molecular weight is 603 g/mol. The Morgan fingerprint density at radius 1 is 0.814 bits per heavy atom. The summed E-state index contributed by atoms with van der Waals surface area (Å²) in [6.07, 6.45) is 3.00. The van der Waals surface area contributed by atoms with E-state index in [9.17, 15) is 14.4 Å². The van der Waals surface area contributed by atoms with Gasteiger partial charge >= 0.3 is 5.97 Å². The van der Waals surface area contributed by atoms with Crippen LogP contribution in [-0.4, -0.2) is 47.7 Å². The van der Waals surface area contributed by atoms with Gasteiger partial charge in [0.25, 0.3) is 8.32 Å². The highest BCUT2D eigenvalue weighted by molar-refractivity contribution is 6.99. The number of aldehydes is 2. The normalized spacial score (nSPS) is 13.5. The lowest BCUT2D eigenvalue weighted by Crippen LogP contribution is -2.67. The molecule has 0 radical (unpaired) electrons. The molecule has 3 rings (SSSR count). The van der Waals surface area contributed by atoms with Gasteiger partial charge in [-0.1, -0.05) is 93.6 Å². The summed E-state index contributed by atoms with van der Waals surface area (Å²) >= 11 is 0. The van der Waals surface area contributed by atoms with Crippen molar-refractivity contribution in [2.24, 2.45) is 11.8 Å². The minimum Gasteiger partial charge on any atom is -0.497 e. The van der Waals surface area contributed by atoms with E-state index in [0.29, 0.717) is 0 Å². The van der Waals surface area contributed by atoms with Crippen LogP contribution in [0.4, 0.5) is 0 Å². The molecule has 8 heteroatoms. The Kier molecular flexibility index (Phi) is 12.5. The van der Waals surface area contributed by atoms with Crippen LogP contribution in [0.3, 0.4) is 0 Å². The molecule has 7 nitrogen and oxygen atoms in total. The van der Waals surface area contributed by atoms with E-state index in [4.69, 9.17) is 18.6 Å². The van der Waals surface area contributed by atoms with Crippen molar-refractivity contribution < 1.29 is 33.0 Å². The number of carbonyl (C=O) groups is 3. The second-order valence-electron chi connectivity index (χ2n) is 11.4. The van der Waals surface area contributed by atoms with Gasteiger partial charge in [-0.25, -0.2) is 4.79 Å². The molecule has 43 heavy (non-hydrogen) atoms. The Morgan fingerprint density at radius 2 is 1.37 bits per heavy atom. The van der Waals surface area contributed by atoms with Crippen LogP contribution in [0.25, 0.3) is 0 Å². The molecule has 228 valence electrons. The highest BCUT2D eigenvalue weighted by atomic mass is 28.4. The first-order valence-corrected chi connectivity index (χ1v) is 16.3. The lowest BCUT2D eigenvalue weighted by atomic mass is 9.82. The summed E-state index contributed by atoms with van der Waals surface area (Å²) in [5.74, 6) is -1.05. The van der Waals surface area contributed by atoms with Gasteiger partial charge in [-0.2, -0.15) is 0 Å². The fourth-order valence-corrected chi connectivity index (χ4v) is 10.1. The first-order chi connectivity index (χ1) is 20.7. The van der Waals surface area contributed by atoms with E-state index >= 15 is 0 Å². The van der Waals surface area contributed by atoms with Crippen molar-refractivity contribution in [3.8, 4) is 5.75 Å². The van der Waals surface area contributed by atoms with E-state index in [1.807, 2.05) is 60.7 Å². The van der Waals surface area contributed by atoms with Gasteiger partial charge in [0.2, 0.25) is 0 Å². The van der Waals surface area contributed by atoms with Crippen LogP contribution in [0.1, 0.15) is 39.2 Å². The van der Waals surface area contributed by atoms with Crippen molar-refractivity contribution >= 4 is 37.2 Å². The minimum atomic E-state index is -2.94.